The highest BCUT2D eigenvalue weighted by molar-refractivity contribution is 7.92. The fourth-order valence-corrected chi connectivity index (χ4v) is 4.94. The van der Waals surface area contributed by atoms with E-state index < -0.39 is 10.0 Å². The lowest BCUT2D eigenvalue weighted by Gasteiger charge is -2.22. The summed E-state index contributed by atoms with van der Waals surface area (Å²) in [5, 5.41) is 2.96. The summed E-state index contributed by atoms with van der Waals surface area (Å²) in [5.41, 5.74) is 3.99. The summed E-state index contributed by atoms with van der Waals surface area (Å²) in [5.74, 6) is -0.0670. The molecule has 168 valence electrons. The number of amides is 1. The van der Waals surface area contributed by atoms with Gasteiger partial charge in [-0.2, -0.15) is 0 Å². The Balaban J connectivity index is 1.47. The second kappa shape index (κ2) is 10.8. The van der Waals surface area contributed by atoms with Crippen LogP contribution < -0.4 is 9.62 Å². The summed E-state index contributed by atoms with van der Waals surface area (Å²) in [4.78, 5) is 14.8. The van der Waals surface area contributed by atoms with Crippen LogP contribution in [-0.2, 0) is 27.9 Å². The molecule has 2 aromatic rings. The number of hydrogen-bond acceptors (Lipinski definition) is 4. The van der Waals surface area contributed by atoms with Crippen molar-refractivity contribution >= 4 is 21.6 Å². The van der Waals surface area contributed by atoms with E-state index >= 15 is 0 Å². The standard InChI is InChI=1S/C24H33N3O3S/c1-20-8-5-11-23(16-20)27(31(2,29)30)15-7-12-24(28)25-18-21-9-6-10-22(17-21)19-26-13-3-4-14-26/h5-6,8-11,16-17H,3-4,7,12-15,18-19H2,1-2H3,(H,25,28). The van der Waals surface area contributed by atoms with E-state index in [0.717, 1.165) is 30.8 Å². The molecule has 0 radical (unpaired) electrons. The van der Waals surface area contributed by atoms with Gasteiger partial charge in [0.05, 0.1) is 11.9 Å². The lowest BCUT2D eigenvalue weighted by molar-refractivity contribution is -0.121. The average molecular weight is 444 g/mol. The minimum absolute atomic E-state index is 0.0670. The Labute approximate surface area is 186 Å². The lowest BCUT2D eigenvalue weighted by Crippen LogP contribution is -2.32. The molecular weight excluding hydrogens is 410 g/mol. The highest BCUT2D eigenvalue weighted by Crippen LogP contribution is 2.19. The minimum atomic E-state index is -3.41. The van der Waals surface area contributed by atoms with E-state index in [9.17, 15) is 13.2 Å². The Morgan fingerprint density at radius 3 is 2.48 bits per heavy atom. The van der Waals surface area contributed by atoms with E-state index in [1.165, 1.54) is 29.0 Å². The summed E-state index contributed by atoms with van der Waals surface area (Å²) < 4.78 is 25.8. The number of carbonyl (C=O) groups is 1. The number of sulfonamides is 1. The molecule has 7 heteroatoms. The van der Waals surface area contributed by atoms with Gasteiger partial charge in [0.2, 0.25) is 15.9 Å². The van der Waals surface area contributed by atoms with Gasteiger partial charge in [-0.25, -0.2) is 8.42 Å². The third-order valence-electron chi connectivity index (χ3n) is 5.54. The number of likely N-dealkylation sites (tertiary alicyclic amines) is 1. The zero-order chi connectivity index (χ0) is 22.3. The highest BCUT2D eigenvalue weighted by Gasteiger charge is 2.17. The number of hydrogen-bond donors (Lipinski definition) is 1. The van der Waals surface area contributed by atoms with Gasteiger partial charge >= 0.3 is 0 Å². The molecule has 3 rings (SSSR count). The van der Waals surface area contributed by atoms with Crippen LogP contribution in [0.2, 0.25) is 0 Å². The van der Waals surface area contributed by atoms with Crippen LogP contribution in [-0.4, -0.2) is 45.1 Å². The molecule has 1 N–H and O–H groups in total. The molecule has 0 aliphatic carbocycles. The molecule has 0 spiro atoms. The zero-order valence-corrected chi connectivity index (χ0v) is 19.3. The van der Waals surface area contributed by atoms with Gasteiger partial charge in [-0.1, -0.05) is 36.4 Å². The summed E-state index contributed by atoms with van der Waals surface area (Å²) in [6.07, 6.45) is 4.49. The third kappa shape index (κ3) is 7.36. The molecule has 0 saturated carbocycles. The number of aryl methyl sites for hydroxylation is 1. The zero-order valence-electron chi connectivity index (χ0n) is 18.5. The summed E-state index contributed by atoms with van der Waals surface area (Å²) in [7, 11) is -3.41. The number of carbonyl (C=O) groups excluding carboxylic acids is 1. The normalized spacial score (nSPS) is 14.5. The van der Waals surface area contributed by atoms with Crippen LogP contribution in [0.1, 0.15) is 42.4 Å². The van der Waals surface area contributed by atoms with Crippen molar-refractivity contribution in [3.8, 4) is 0 Å². The van der Waals surface area contributed by atoms with Crippen LogP contribution in [0, 0.1) is 6.92 Å². The monoisotopic (exact) mass is 443 g/mol. The molecule has 1 heterocycles. The minimum Gasteiger partial charge on any atom is -0.352 e. The topological polar surface area (TPSA) is 69.7 Å². The average Bonchev–Trinajstić information content (AvgIpc) is 3.22. The number of rotatable bonds is 10. The molecule has 0 unspecified atom stereocenters. The van der Waals surface area contributed by atoms with E-state index in [2.05, 4.69) is 22.3 Å². The van der Waals surface area contributed by atoms with Gasteiger partial charge in [-0.3, -0.25) is 14.0 Å². The van der Waals surface area contributed by atoms with E-state index in [1.54, 1.807) is 6.07 Å². The van der Waals surface area contributed by atoms with Gasteiger partial charge in [-0.05, 0) is 68.1 Å². The van der Waals surface area contributed by atoms with Crippen LogP contribution >= 0.6 is 0 Å². The number of anilines is 1. The van der Waals surface area contributed by atoms with Crippen LogP contribution in [0.25, 0.3) is 0 Å². The van der Waals surface area contributed by atoms with Crippen molar-refractivity contribution < 1.29 is 13.2 Å². The van der Waals surface area contributed by atoms with Crippen LogP contribution in [0.15, 0.2) is 48.5 Å². The highest BCUT2D eigenvalue weighted by atomic mass is 32.2. The maximum atomic E-state index is 12.3. The summed E-state index contributed by atoms with van der Waals surface area (Å²) in [6, 6.07) is 15.7. The Hall–Kier alpha value is -2.38. The molecule has 1 fully saturated rings. The fraction of sp³-hybridized carbons (Fsp3) is 0.458. The second-order valence-electron chi connectivity index (χ2n) is 8.36. The molecule has 2 aromatic carbocycles. The quantitative estimate of drug-likeness (QED) is 0.611. The Morgan fingerprint density at radius 2 is 1.77 bits per heavy atom. The molecule has 31 heavy (non-hydrogen) atoms. The largest absolute Gasteiger partial charge is 0.352 e. The van der Waals surface area contributed by atoms with Crippen molar-refractivity contribution in [1.29, 1.82) is 0 Å². The van der Waals surface area contributed by atoms with Crippen LogP contribution in [0.5, 0.6) is 0 Å². The van der Waals surface area contributed by atoms with Crippen LogP contribution in [0.4, 0.5) is 5.69 Å². The van der Waals surface area contributed by atoms with E-state index in [4.69, 9.17) is 0 Å². The smallest absolute Gasteiger partial charge is 0.232 e. The van der Waals surface area contributed by atoms with Crippen molar-refractivity contribution in [2.24, 2.45) is 0 Å². The van der Waals surface area contributed by atoms with Gasteiger partial charge < -0.3 is 5.32 Å². The van der Waals surface area contributed by atoms with Crippen molar-refractivity contribution in [3.63, 3.8) is 0 Å². The van der Waals surface area contributed by atoms with E-state index in [0.29, 0.717) is 18.7 Å². The second-order valence-corrected chi connectivity index (χ2v) is 10.3. The molecule has 1 aliphatic rings. The molecule has 0 atom stereocenters. The first-order chi connectivity index (χ1) is 14.8. The summed E-state index contributed by atoms with van der Waals surface area (Å²) >= 11 is 0. The van der Waals surface area contributed by atoms with Gasteiger partial charge in [0.25, 0.3) is 0 Å². The molecule has 6 nitrogen and oxygen atoms in total. The predicted octanol–water partition coefficient (Wildman–Crippen LogP) is 3.45. The number of nitrogens with zero attached hydrogens (tertiary/aromatic N) is 2. The van der Waals surface area contributed by atoms with Gasteiger partial charge in [0.15, 0.2) is 0 Å². The van der Waals surface area contributed by atoms with Gasteiger partial charge in [0, 0.05) is 26.1 Å². The Kier molecular flexibility index (Phi) is 8.09. The maximum Gasteiger partial charge on any atom is 0.232 e. The molecule has 0 bridgehead atoms. The van der Waals surface area contributed by atoms with Crippen molar-refractivity contribution in [2.45, 2.75) is 45.7 Å². The SMILES string of the molecule is Cc1cccc(N(CCCC(=O)NCc2cccc(CN3CCCC3)c2)S(C)(=O)=O)c1. The van der Waals surface area contributed by atoms with Crippen molar-refractivity contribution in [2.75, 3.05) is 30.2 Å². The van der Waals surface area contributed by atoms with E-state index in [-0.39, 0.29) is 18.9 Å². The predicted molar refractivity (Wildman–Crippen MR) is 125 cm³/mol. The first-order valence-corrected chi connectivity index (χ1v) is 12.8. The Bertz CT molecular complexity index is 985. The molecule has 1 amide bonds. The third-order valence-corrected chi connectivity index (χ3v) is 6.74. The molecule has 1 aliphatic heterocycles. The first kappa shape index (κ1) is 23.3. The maximum absolute atomic E-state index is 12.3. The number of nitrogens with one attached hydrogen (secondary N) is 1. The van der Waals surface area contributed by atoms with Gasteiger partial charge in [-0.15, -0.1) is 0 Å². The lowest BCUT2D eigenvalue weighted by atomic mass is 10.1. The van der Waals surface area contributed by atoms with Gasteiger partial charge in [0.1, 0.15) is 0 Å². The van der Waals surface area contributed by atoms with Crippen LogP contribution in [0.3, 0.4) is 0 Å². The summed E-state index contributed by atoms with van der Waals surface area (Å²) in [6.45, 7) is 5.98. The first-order valence-electron chi connectivity index (χ1n) is 10.9. The van der Waals surface area contributed by atoms with Crippen molar-refractivity contribution in [1.82, 2.24) is 10.2 Å². The molecule has 0 aromatic heterocycles. The van der Waals surface area contributed by atoms with E-state index in [1.807, 2.05) is 37.3 Å². The fourth-order valence-electron chi connectivity index (χ4n) is 3.98. The van der Waals surface area contributed by atoms with Crippen molar-refractivity contribution in [3.05, 3.63) is 65.2 Å². The molecule has 1 saturated heterocycles. The Morgan fingerprint density at radius 1 is 1.06 bits per heavy atom. The molecular formula is C24H33N3O3S. The number of benzene rings is 2.